The van der Waals surface area contributed by atoms with Gasteiger partial charge in [0.05, 0.1) is 10.0 Å². The van der Waals surface area contributed by atoms with Gasteiger partial charge in [-0.1, -0.05) is 29.3 Å². The SMILES string of the molecule is O=S(=O)(NCc1cc[nH]c1)c1cccc(Cl)c1Cl. The summed E-state index contributed by atoms with van der Waals surface area (Å²) in [6.45, 7) is 0.189. The first-order chi connectivity index (χ1) is 8.50. The number of halogens is 2. The summed E-state index contributed by atoms with van der Waals surface area (Å²) >= 11 is 11.7. The highest BCUT2D eigenvalue weighted by Crippen LogP contribution is 2.28. The van der Waals surface area contributed by atoms with E-state index >= 15 is 0 Å². The van der Waals surface area contributed by atoms with Crippen molar-refractivity contribution in [3.8, 4) is 0 Å². The largest absolute Gasteiger partial charge is 0.367 e. The highest BCUT2D eigenvalue weighted by atomic mass is 35.5. The predicted molar refractivity (Wildman–Crippen MR) is 71.3 cm³/mol. The topological polar surface area (TPSA) is 62.0 Å². The highest BCUT2D eigenvalue weighted by molar-refractivity contribution is 7.89. The Labute approximate surface area is 115 Å². The van der Waals surface area contributed by atoms with Crippen LogP contribution in [0.2, 0.25) is 10.0 Å². The molecule has 0 saturated carbocycles. The first-order valence-corrected chi connectivity index (χ1v) is 7.30. The van der Waals surface area contributed by atoms with Gasteiger partial charge in [-0.3, -0.25) is 0 Å². The van der Waals surface area contributed by atoms with Crippen molar-refractivity contribution in [3.05, 3.63) is 52.3 Å². The molecule has 0 unspecified atom stereocenters. The van der Waals surface area contributed by atoms with E-state index in [1.54, 1.807) is 24.5 Å². The Balaban J connectivity index is 2.23. The molecule has 0 aliphatic heterocycles. The maximum Gasteiger partial charge on any atom is 0.242 e. The summed E-state index contributed by atoms with van der Waals surface area (Å²) in [5, 5.41) is 0.238. The van der Waals surface area contributed by atoms with Gasteiger partial charge in [-0.05, 0) is 23.8 Å². The summed E-state index contributed by atoms with van der Waals surface area (Å²) in [6, 6.07) is 6.27. The molecule has 1 heterocycles. The molecule has 4 nitrogen and oxygen atoms in total. The number of hydrogen-bond donors (Lipinski definition) is 2. The van der Waals surface area contributed by atoms with E-state index in [4.69, 9.17) is 23.2 Å². The molecule has 0 aliphatic carbocycles. The number of benzene rings is 1. The summed E-state index contributed by atoms with van der Waals surface area (Å²) in [7, 11) is -3.67. The van der Waals surface area contributed by atoms with Crippen molar-refractivity contribution < 1.29 is 8.42 Å². The maximum atomic E-state index is 12.0. The van der Waals surface area contributed by atoms with Crippen LogP contribution in [0.25, 0.3) is 0 Å². The van der Waals surface area contributed by atoms with Crippen LogP contribution < -0.4 is 4.72 Å². The second kappa shape index (κ2) is 5.32. The quantitative estimate of drug-likeness (QED) is 0.912. The molecule has 0 saturated heterocycles. The third-order valence-electron chi connectivity index (χ3n) is 2.33. The zero-order valence-electron chi connectivity index (χ0n) is 9.15. The summed E-state index contributed by atoms with van der Waals surface area (Å²) < 4.78 is 26.5. The molecule has 0 atom stereocenters. The zero-order valence-corrected chi connectivity index (χ0v) is 11.5. The predicted octanol–water partition coefficient (Wildman–Crippen LogP) is 2.80. The molecule has 0 fully saturated rings. The Morgan fingerprint density at radius 1 is 1.22 bits per heavy atom. The van der Waals surface area contributed by atoms with Gasteiger partial charge in [0.25, 0.3) is 0 Å². The van der Waals surface area contributed by atoms with E-state index < -0.39 is 10.0 Å². The molecule has 2 aromatic rings. The number of nitrogens with one attached hydrogen (secondary N) is 2. The number of rotatable bonds is 4. The molecular formula is C11H10Cl2N2O2S. The van der Waals surface area contributed by atoms with E-state index in [0.29, 0.717) is 0 Å². The van der Waals surface area contributed by atoms with Crippen LogP contribution in [0.5, 0.6) is 0 Å². The highest BCUT2D eigenvalue weighted by Gasteiger charge is 2.18. The van der Waals surface area contributed by atoms with Crippen molar-refractivity contribution in [1.82, 2.24) is 9.71 Å². The Hall–Kier alpha value is -1.01. The van der Waals surface area contributed by atoms with Crippen molar-refractivity contribution >= 4 is 33.2 Å². The Kier molecular flexibility index (Phi) is 3.97. The zero-order chi connectivity index (χ0) is 13.2. The van der Waals surface area contributed by atoms with E-state index in [-0.39, 0.29) is 21.5 Å². The molecular weight excluding hydrogens is 295 g/mol. The number of sulfonamides is 1. The van der Waals surface area contributed by atoms with Crippen molar-refractivity contribution in [2.45, 2.75) is 11.4 Å². The minimum atomic E-state index is -3.67. The molecule has 1 aromatic carbocycles. The number of H-pyrrole nitrogens is 1. The molecule has 2 N–H and O–H groups in total. The average molecular weight is 305 g/mol. The summed E-state index contributed by atoms with van der Waals surface area (Å²) in [5.41, 5.74) is 0.830. The van der Waals surface area contributed by atoms with Crippen molar-refractivity contribution in [1.29, 1.82) is 0 Å². The molecule has 7 heteroatoms. The Morgan fingerprint density at radius 3 is 2.67 bits per heavy atom. The number of aromatic nitrogens is 1. The van der Waals surface area contributed by atoms with Crippen LogP contribution in [0.3, 0.4) is 0 Å². The lowest BCUT2D eigenvalue weighted by Crippen LogP contribution is -2.23. The maximum absolute atomic E-state index is 12.0. The van der Waals surface area contributed by atoms with Crippen LogP contribution in [0.4, 0.5) is 0 Å². The second-order valence-corrected chi connectivity index (χ2v) is 6.12. The van der Waals surface area contributed by atoms with E-state index in [9.17, 15) is 8.42 Å². The molecule has 0 spiro atoms. The van der Waals surface area contributed by atoms with Gasteiger partial charge in [0.1, 0.15) is 4.90 Å². The van der Waals surface area contributed by atoms with Gasteiger partial charge >= 0.3 is 0 Å². The number of hydrogen-bond acceptors (Lipinski definition) is 2. The van der Waals surface area contributed by atoms with Gasteiger partial charge in [0.15, 0.2) is 0 Å². The van der Waals surface area contributed by atoms with Crippen LogP contribution in [-0.2, 0) is 16.6 Å². The lowest BCUT2D eigenvalue weighted by atomic mass is 10.4. The summed E-state index contributed by atoms with van der Waals surface area (Å²) in [6.07, 6.45) is 3.43. The average Bonchev–Trinajstić information content (AvgIpc) is 2.83. The van der Waals surface area contributed by atoms with Crippen LogP contribution in [0.1, 0.15) is 5.56 Å². The molecule has 1 aromatic heterocycles. The monoisotopic (exact) mass is 304 g/mol. The lowest BCUT2D eigenvalue weighted by molar-refractivity contribution is 0.581. The van der Waals surface area contributed by atoms with Crippen LogP contribution in [0.15, 0.2) is 41.6 Å². The van der Waals surface area contributed by atoms with Gasteiger partial charge in [-0.25, -0.2) is 13.1 Å². The molecule has 18 heavy (non-hydrogen) atoms. The van der Waals surface area contributed by atoms with E-state index in [2.05, 4.69) is 9.71 Å². The normalized spacial score (nSPS) is 11.7. The fourth-order valence-corrected chi connectivity index (χ4v) is 3.19. The lowest BCUT2D eigenvalue weighted by Gasteiger charge is -2.08. The minimum Gasteiger partial charge on any atom is -0.367 e. The third-order valence-corrected chi connectivity index (χ3v) is 4.71. The Bertz CT molecular complexity index is 639. The molecule has 96 valence electrons. The minimum absolute atomic E-state index is 0.0211. The second-order valence-electron chi connectivity index (χ2n) is 3.60. The van der Waals surface area contributed by atoms with Crippen molar-refractivity contribution in [2.75, 3.05) is 0 Å². The first-order valence-electron chi connectivity index (χ1n) is 5.06. The van der Waals surface area contributed by atoms with E-state index in [1.807, 2.05) is 0 Å². The molecule has 0 radical (unpaired) electrons. The van der Waals surface area contributed by atoms with Gasteiger partial charge in [-0.2, -0.15) is 0 Å². The van der Waals surface area contributed by atoms with Crippen LogP contribution in [0, 0.1) is 0 Å². The fourth-order valence-electron chi connectivity index (χ4n) is 1.42. The van der Waals surface area contributed by atoms with E-state index in [0.717, 1.165) is 5.56 Å². The third kappa shape index (κ3) is 2.87. The van der Waals surface area contributed by atoms with Gasteiger partial charge in [-0.15, -0.1) is 0 Å². The van der Waals surface area contributed by atoms with Crippen LogP contribution >= 0.6 is 23.2 Å². The molecule has 0 amide bonds. The van der Waals surface area contributed by atoms with Crippen molar-refractivity contribution in [3.63, 3.8) is 0 Å². The standard InChI is InChI=1S/C11H10Cl2N2O2S/c12-9-2-1-3-10(11(9)13)18(16,17)15-7-8-4-5-14-6-8/h1-6,14-15H,7H2. The molecule has 0 aliphatic rings. The van der Waals surface area contributed by atoms with E-state index in [1.165, 1.54) is 12.1 Å². The van der Waals surface area contributed by atoms with Crippen molar-refractivity contribution in [2.24, 2.45) is 0 Å². The number of aromatic amines is 1. The smallest absolute Gasteiger partial charge is 0.242 e. The fraction of sp³-hybridized carbons (Fsp3) is 0.0909. The summed E-state index contributed by atoms with van der Waals surface area (Å²) in [4.78, 5) is 2.82. The first kappa shape index (κ1) is 13.4. The molecule has 2 rings (SSSR count). The van der Waals surface area contributed by atoms with Gasteiger partial charge in [0, 0.05) is 18.9 Å². The molecule has 0 bridgehead atoms. The van der Waals surface area contributed by atoms with Gasteiger partial charge < -0.3 is 4.98 Å². The Morgan fingerprint density at radius 2 is 2.00 bits per heavy atom. The van der Waals surface area contributed by atoms with Crippen LogP contribution in [-0.4, -0.2) is 13.4 Å². The summed E-state index contributed by atoms with van der Waals surface area (Å²) in [5.74, 6) is 0. The van der Waals surface area contributed by atoms with Gasteiger partial charge in [0.2, 0.25) is 10.0 Å².